The second-order valence-corrected chi connectivity index (χ2v) is 6.95. The third kappa shape index (κ3) is 2.38. The van der Waals surface area contributed by atoms with Gasteiger partial charge in [0, 0.05) is 25.1 Å². The topological polar surface area (TPSA) is 93.1 Å². The summed E-state index contributed by atoms with van der Waals surface area (Å²) in [6.45, 7) is 0. The second-order valence-electron chi connectivity index (χ2n) is 4.96. The smallest absolute Gasteiger partial charge is 0.251 e. The molecule has 1 unspecified atom stereocenters. The van der Waals surface area contributed by atoms with Gasteiger partial charge in [0.05, 0.1) is 22.5 Å². The van der Waals surface area contributed by atoms with Crippen LogP contribution >= 0.6 is 0 Å². The van der Waals surface area contributed by atoms with E-state index < -0.39 is 15.9 Å². The Kier molecular flexibility index (Phi) is 2.98. The Morgan fingerprint density at radius 1 is 1.33 bits per heavy atom. The third-order valence-corrected chi connectivity index (χ3v) is 4.43. The molecule has 3 rings (SSSR count). The Balaban J connectivity index is 2.06. The summed E-state index contributed by atoms with van der Waals surface area (Å²) in [5.41, 5.74) is 1.59. The van der Waals surface area contributed by atoms with Gasteiger partial charge in [-0.15, -0.1) is 0 Å². The third-order valence-electron chi connectivity index (χ3n) is 3.29. The summed E-state index contributed by atoms with van der Waals surface area (Å²) < 4.78 is 25.2. The van der Waals surface area contributed by atoms with E-state index in [2.05, 4.69) is 15.7 Å². The van der Waals surface area contributed by atoms with E-state index >= 15 is 0 Å². The number of sulfone groups is 1. The Hall–Kier alpha value is -2.35. The number of carbonyl (C=O) groups is 1. The Morgan fingerprint density at radius 2 is 2.10 bits per heavy atom. The van der Waals surface area contributed by atoms with Gasteiger partial charge in [0.25, 0.3) is 5.91 Å². The fourth-order valence-electron chi connectivity index (χ4n) is 2.33. The number of nitrogens with one attached hydrogen (secondary N) is 2. The van der Waals surface area contributed by atoms with Crippen molar-refractivity contribution in [3.63, 3.8) is 0 Å². The SMILES string of the molecule is Cn1cc(C2Nc3cccc(S(C)(=O)=O)c3NC2=O)cn1. The first-order valence-corrected chi connectivity index (χ1v) is 8.14. The van der Waals surface area contributed by atoms with Crippen LogP contribution in [0.25, 0.3) is 0 Å². The van der Waals surface area contributed by atoms with Crippen molar-refractivity contribution in [1.82, 2.24) is 9.78 Å². The summed E-state index contributed by atoms with van der Waals surface area (Å²) in [5, 5.41) is 9.77. The molecule has 1 atom stereocenters. The van der Waals surface area contributed by atoms with Gasteiger partial charge in [-0.25, -0.2) is 8.42 Å². The number of nitrogens with zero attached hydrogens (tertiary/aromatic N) is 2. The normalized spacial score (nSPS) is 17.8. The minimum absolute atomic E-state index is 0.102. The first kappa shape index (κ1) is 13.6. The van der Waals surface area contributed by atoms with Crippen molar-refractivity contribution < 1.29 is 13.2 Å². The predicted octanol–water partition coefficient (Wildman–Crippen LogP) is 0.929. The van der Waals surface area contributed by atoms with Crippen molar-refractivity contribution in [2.45, 2.75) is 10.9 Å². The van der Waals surface area contributed by atoms with E-state index in [1.165, 1.54) is 6.07 Å². The van der Waals surface area contributed by atoms with Crippen molar-refractivity contribution in [2.75, 3.05) is 16.9 Å². The van der Waals surface area contributed by atoms with Crippen LogP contribution in [0.2, 0.25) is 0 Å². The zero-order valence-corrected chi connectivity index (χ0v) is 12.3. The van der Waals surface area contributed by atoms with Crippen molar-refractivity contribution in [3.05, 3.63) is 36.2 Å². The van der Waals surface area contributed by atoms with E-state index in [9.17, 15) is 13.2 Å². The fraction of sp³-hybridized carbons (Fsp3) is 0.231. The number of aromatic nitrogens is 2. The largest absolute Gasteiger partial charge is 0.368 e. The number of aryl methyl sites for hydroxylation is 1. The summed E-state index contributed by atoms with van der Waals surface area (Å²) in [6.07, 6.45) is 4.45. The van der Waals surface area contributed by atoms with Gasteiger partial charge >= 0.3 is 0 Å². The molecule has 8 heteroatoms. The highest BCUT2D eigenvalue weighted by molar-refractivity contribution is 7.90. The molecule has 1 aromatic carbocycles. The highest BCUT2D eigenvalue weighted by atomic mass is 32.2. The van der Waals surface area contributed by atoms with E-state index in [0.29, 0.717) is 16.9 Å². The number of fused-ring (bicyclic) bond motifs is 1. The molecule has 21 heavy (non-hydrogen) atoms. The van der Waals surface area contributed by atoms with E-state index in [-0.39, 0.29) is 10.8 Å². The van der Waals surface area contributed by atoms with E-state index in [1.807, 2.05) is 0 Å². The highest BCUT2D eigenvalue weighted by Crippen LogP contribution is 2.36. The molecular formula is C13H14N4O3S. The van der Waals surface area contributed by atoms with Crippen molar-refractivity contribution in [2.24, 2.45) is 7.05 Å². The van der Waals surface area contributed by atoms with Gasteiger partial charge < -0.3 is 10.6 Å². The molecule has 2 aromatic rings. The molecule has 0 bridgehead atoms. The Morgan fingerprint density at radius 3 is 2.71 bits per heavy atom. The van der Waals surface area contributed by atoms with E-state index in [1.54, 1.807) is 36.3 Å². The van der Waals surface area contributed by atoms with Crippen LogP contribution in [0, 0.1) is 0 Å². The number of rotatable bonds is 2. The number of amides is 1. The summed E-state index contributed by atoms with van der Waals surface area (Å²) in [6, 6.07) is 4.24. The quantitative estimate of drug-likeness (QED) is 0.861. The molecule has 0 spiro atoms. The second kappa shape index (κ2) is 4.59. The lowest BCUT2D eigenvalue weighted by Gasteiger charge is -2.27. The standard InChI is InChI=1S/C13H14N4O3S/c1-17-7-8(6-14-17)11-13(18)16-12-9(15-11)4-3-5-10(12)21(2,19)20/h3-7,11,15H,1-2H3,(H,16,18). The zero-order valence-electron chi connectivity index (χ0n) is 11.5. The van der Waals surface area contributed by atoms with Gasteiger partial charge in [0.1, 0.15) is 6.04 Å². The lowest BCUT2D eigenvalue weighted by atomic mass is 10.1. The molecule has 110 valence electrons. The maximum absolute atomic E-state index is 12.2. The van der Waals surface area contributed by atoms with Gasteiger partial charge in [0.15, 0.2) is 9.84 Å². The molecule has 0 fully saturated rings. The number of para-hydroxylation sites is 1. The van der Waals surface area contributed by atoms with Crippen molar-refractivity contribution in [1.29, 1.82) is 0 Å². The molecule has 0 radical (unpaired) electrons. The van der Waals surface area contributed by atoms with Crippen LogP contribution in [0.3, 0.4) is 0 Å². The van der Waals surface area contributed by atoms with Crippen LogP contribution in [-0.4, -0.2) is 30.4 Å². The molecule has 0 saturated heterocycles. The van der Waals surface area contributed by atoms with Crippen LogP contribution < -0.4 is 10.6 Å². The first-order chi connectivity index (χ1) is 9.86. The van der Waals surface area contributed by atoms with Crippen LogP contribution in [0.1, 0.15) is 11.6 Å². The van der Waals surface area contributed by atoms with Gasteiger partial charge in [0.2, 0.25) is 0 Å². The van der Waals surface area contributed by atoms with Crippen molar-refractivity contribution in [3.8, 4) is 0 Å². The molecule has 7 nitrogen and oxygen atoms in total. The summed E-state index contributed by atoms with van der Waals surface area (Å²) in [5.74, 6) is -0.313. The van der Waals surface area contributed by atoms with Crippen LogP contribution in [0.15, 0.2) is 35.5 Å². The minimum Gasteiger partial charge on any atom is -0.368 e. The molecule has 1 aliphatic rings. The monoisotopic (exact) mass is 306 g/mol. The molecule has 1 aliphatic heterocycles. The van der Waals surface area contributed by atoms with Gasteiger partial charge in [-0.1, -0.05) is 6.07 Å². The number of anilines is 2. The Labute approximate surface area is 121 Å². The molecule has 2 N–H and O–H groups in total. The average molecular weight is 306 g/mol. The molecule has 0 saturated carbocycles. The summed E-state index contributed by atoms with van der Waals surface area (Å²) in [7, 11) is -1.65. The number of hydrogen-bond donors (Lipinski definition) is 2. The average Bonchev–Trinajstić information content (AvgIpc) is 2.82. The minimum atomic E-state index is -3.42. The number of hydrogen-bond acceptors (Lipinski definition) is 5. The van der Waals surface area contributed by atoms with Gasteiger partial charge in [-0.05, 0) is 12.1 Å². The maximum atomic E-state index is 12.2. The van der Waals surface area contributed by atoms with Gasteiger partial charge in [-0.2, -0.15) is 5.10 Å². The van der Waals surface area contributed by atoms with Crippen LogP contribution in [0.4, 0.5) is 11.4 Å². The molecule has 1 aromatic heterocycles. The Bertz CT molecular complexity index is 826. The molecular weight excluding hydrogens is 292 g/mol. The van der Waals surface area contributed by atoms with Crippen LogP contribution in [-0.2, 0) is 21.7 Å². The summed E-state index contributed by atoms with van der Waals surface area (Å²) >= 11 is 0. The lowest BCUT2D eigenvalue weighted by Crippen LogP contribution is -2.32. The highest BCUT2D eigenvalue weighted by Gasteiger charge is 2.30. The fourth-order valence-corrected chi connectivity index (χ4v) is 3.19. The zero-order chi connectivity index (χ0) is 15.2. The molecule has 1 amide bonds. The number of benzene rings is 1. The van der Waals surface area contributed by atoms with E-state index in [4.69, 9.17) is 0 Å². The number of carbonyl (C=O) groups excluding carboxylic acids is 1. The lowest BCUT2D eigenvalue weighted by molar-refractivity contribution is -0.117. The van der Waals surface area contributed by atoms with Crippen LogP contribution in [0.5, 0.6) is 0 Å². The molecule has 2 heterocycles. The van der Waals surface area contributed by atoms with Crippen molar-refractivity contribution >= 4 is 27.1 Å². The van der Waals surface area contributed by atoms with Gasteiger partial charge in [-0.3, -0.25) is 9.48 Å². The van der Waals surface area contributed by atoms with E-state index in [0.717, 1.165) is 6.26 Å². The predicted molar refractivity (Wildman–Crippen MR) is 77.8 cm³/mol. The maximum Gasteiger partial charge on any atom is 0.251 e. The molecule has 0 aliphatic carbocycles. The first-order valence-electron chi connectivity index (χ1n) is 6.25. The summed E-state index contributed by atoms with van der Waals surface area (Å²) in [4.78, 5) is 12.3.